The second kappa shape index (κ2) is 13.3. The lowest BCUT2D eigenvalue weighted by Crippen LogP contribution is -2.24. The van der Waals surface area contributed by atoms with Gasteiger partial charge in [-0.3, -0.25) is 4.79 Å². The third-order valence-corrected chi connectivity index (χ3v) is 8.02. The van der Waals surface area contributed by atoms with Gasteiger partial charge in [-0.1, -0.05) is 24.3 Å². The van der Waals surface area contributed by atoms with Gasteiger partial charge in [-0.05, 0) is 87.4 Å². The number of carbonyl (C=O) groups is 1. The van der Waals surface area contributed by atoms with E-state index in [1.807, 2.05) is 0 Å². The quantitative estimate of drug-likeness (QED) is 0.166. The van der Waals surface area contributed by atoms with E-state index in [2.05, 4.69) is 0 Å². The first-order valence-corrected chi connectivity index (χ1v) is 15.6. The van der Waals surface area contributed by atoms with Gasteiger partial charge in [0, 0.05) is 17.2 Å². The smallest absolute Gasteiger partial charge is 0.306 e. The van der Waals surface area contributed by atoms with Crippen molar-refractivity contribution in [2.75, 3.05) is 22.8 Å². The number of anilines is 4. The van der Waals surface area contributed by atoms with E-state index in [0.717, 1.165) is 4.31 Å². The van der Waals surface area contributed by atoms with Gasteiger partial charge in [0.2, 0.25) is 21.8 Å². The maximum atomic E-state index is 12.9. The molecule has 0 atom stereocenters. The summed E-state index contributed by atoms with van der Waals surface area (Å²) in [4.78, 5) is 12.8. The summed E-state index contributed by atoms with van der Waals surface area (Å²) >= 11 is 0. The Labute approximate surface area is 254 Å². The first-order chi connectivity index (χ1) is 20.4. The average molecular weight is 627 g/mol. The van der Waals surface area contributed by atoms with E-state index in [9.17, 15) is 21.6 Å². The lowest BCUT2D eigenvalue weighted by Gasteiger charge is -2.27. The van der Waals surface area contributed by atoms with Crippen molar-refractivity contribution in [1.82, 2.24) is 0 Å². The van der Waals surface area contributed by atoms with Crippen molar-refractivity contribution < 1.29 is 35.8 Å². The molecule has 0 saturated carbocycles. The van der Waals surface area contributed by atoms with Gasteiger partial charge in [0.1, 0.15) is 17.1 Å². The number of ether oxygens (including phenoxy) is 3. The zero-order chi connectivity index (χ0) is 31.3. The van der Waals surface area contributed by atoms with Crippen LogP contribution in [-0.4, -0.2) is 42.6 Å². The molecular formula is C31H34N2O8S2. The van der Waals surface area contributed by atoms with Crippen LogP contribution in [0.4, 0.5) is 22.7 Å². The number of nitrogens with zero attached hydrogens (tertiary/aromatic N) is 2. The molecule has 0 amide bonds. The number of aryl methyl sites for hydroxylation is 1. The first-order valence-electron chi connectivity index (χ1n) is 13.4. The number of esters is 1. The molecule has 0 aromatic heterocycles. The van der Waals surface area contributed by atoms with Crippen LogP contribution in [0.15, 0.2) is 78.9 Å². The minimum absolute atomic E-state index is 0.0693. The second-order valence-electron chi connectivity index (χ2n) is 10.5. The Bertz CT molecular complexity index is 1740. The lowest BCUT2D eigenvalue weighted by atomic mass is 9.98. The number of methoxy groups -OCH3 is 2. The second-order valence-corrected chi connectivity index (χ2v) is 12.3. The molecule has 10 nitrogen and oxygen atoms in total. The number of thiol groups is 2. The number of rotatable bonds is 11. The van der Waals surface area contributed by atoms with E-state index in [-0.39, 0.29) is 12.8 Å². The fourth-order valence-corrected chi connectivity index (χ4v) is 6.10. The Hall–Kier alpha value is -4.29. The molecule has 0 radical (unpaired) electrons. The summed E-state index contributed by atoms with van der Waals surface area (Å²) in [6.45, 7) is 5.28. The van der Waals surface area contributed by atoms with E-state index < -0.39 is 33.4 Å². The minimum Gasteiger partial charge on any atom is -0.497 e. The van der Waals surface area contributed by atoms with Crippen LogP contribution >= 0.6 is 0 Å². The SMILES string of the molecule is COc1ccc(N(c2cc(CCC(=O)OC(C)(C)C)c(N(c3ccc(OC)cc3)[SH](=O)=O)c3ccccc23)[SH](=O)=O)cc1. The molecular weight excluding hydrogens is 592 g/mol. The van der Waals surface area contributed by atoms with Gasteiger partial charge < -0.3 is 14.2 Å². The molecule has 0 N–H and O–H groups in total. The first kappa shape index (κ1) is 31.6. The van der Waals surface area contributed by atoms with E-state index in [1.54, 1.807) is 99.6 Å². The normalized spacial score (nSPS) is 11.5. The Morgan fingerprint density at radius 2 is 1.21 bits per heavy atom. The highest BCUT2D eigenvalue weighted by molar-refractivity contribution is 7.74. The number of benzene rings is 4. The van der Waals surface area contributed by atoms with E-state index in [0.29, 0.717) is 50.6 Å². The molecule has 0 aliphatic heterocycles. The Balaban J connectivity index is 1.99. The molecule has 0 fully saturated rings. The molecule has 0 aliphatic rings. The molecule has 43 heavy (non-hydrogen) atoms. The van der Waals surface area contributed by atoms with Crippen LogP contribution in [0.5, 0.6) is 11.5 Å². The minimum atomic E-state index is -3.23. The highest BCUT2D eigenvalue weighted by Gasteiger charge is 2.26. The molecule has 0 saturated heterocycles. The van der Waals surface area contributed by atoms with E-state index >= 15 is 0 Å². The molecule has 12 heteroatoms. The van der Waals surface area contributed by atoms with Gasteiger partial charge in [-0.25, -0.2) is 25.4 Å². The number of fused-ring (bicyclic) bond motifs is 1. The molecule has 0 spiro atoms. The van der Waals surface area contributed by atoms with Crippen LogP contribution in [0.25, 0.3) is 10.8 Å². The van der Waals surface area contributed by atoms with Crippen molar-refractivity contribution in [3.63, 3.8) is 0 Å². The summed E-state index contributed by atoms with van der Waals surface area (Å²) in [6.07, 6.45) is 0.00416. The van der Waals surface area contributed by atoms with Gasteiger partial charge in [0.25, 0.3) is 0 Å². The van der Waals surface area contributed by atoms with E-state index in [1.165, 1.54) is 18.5 Å². The fraction of sp³-hybridized carbons (Fsp3) is 0.258. The Morgan fingerprint density at radius 3 is 1.67 bits per heavy atom. The molecule has 4 rings (SSSR count). The van der Waals surface area contributed by atoms with Gasteiger partial charge in [-0.2, -0.15) is 0 Å². The van der Waals surface area contributed by atoms with E-state index in [4.69, 9.17) is 14.2 Å². The summed E-state index contributed by atoms with van der Waals surface area (Å²) in [5, 5.41) is 0.966. The maximum absolute atomic E-state index is 12.9. The predicted molar refractivity (Wildman–Crippen MR) is 169 cm³/mol. The van der Waals surface area contributed by atoms with Crippen LogP contribution in [0, 0.1) is 0 Å². The number of hydrogen-bond acceptors (Lipinski definition) is 8. The summed E-state index contributed by atoms with van der Waals surface area (Å²) in [5.41, 5.74) is 1.03. The molecule has 0 heterocycles. The zero-order valence-corrected chi connectivity index (χ0v) is 26.3. The zero-order valence-electron chi connectivity index (χ0n) is 24.5. The van der Waals surface area contributed by atoms with Gasteiger partial charge in [-0.15, -0.1) is 0 Å². The third-order valence-electron chi connectivity index (χ3n) is 6.49. The molecule has 4 aromatic rings. The molecule has 0 unspecified atom stereocenters. The third kappa shape index (κ3) is 7.38. The largest absolute Gasteiger partial charge is 0.497 e. The molecule has 228 valence electrons. The van der Waals surface area contributed by atoms with Crippen molar-refractivity contribution in [1.29, 1.82) is 0 Å². The molecule has 0 bridgehead atoms. The average Bonchev–Trinajstić information content (AvgIpc) is 2.97. The highest BCUT2D eigenvalue weighted by Crippen LogP contribution is 2.43. The summed E-state index contributed by atoms with van der Waals surface area (Å²) < 4.78 is 69.7. The van der Waals surface area contributed by atoms with Crippen molar-refractivity contribution in [3.05, 3.63) is 84.4 Å². The van der Waals surface area contributed by atoms with Crippen LogP contribution in [0.3, 0.4) is 0 Å². The van der Waals surface area contributed by atoms with Crippen molar-refractivity contribution in [3.8, 4) is 11.5 Å². The van der Waals surface area contributed by atoms with Crippen LogP contribution in [0.2, 0.25) is 0 Å². The topological polar surface area (TPSA) is 120 Å². The maximum Gasteiger partial charge on any atom is 0.306 e. The standard InChI is InChI=1S/C31H34N2O8S2/c1-31(2,3)41-29(34)19-10-21-20-28(32(42(35)36)22-11-15-24(39-4)16-12-22)26-8-6-7-9-27(26)30(21)33(43(37)38)23-13-17-25(40-5)18-14-23/h6-9,11-18,20,42-43H,10,19H2,1-5H3. The summed E-state index contributed by atoms with van der Waals surface area (Å²) in [6, 6.07) is 21.6. The Kier molecular flexibility index (Phi) is 9.82. The molecule has 0 aliphatic carbocycles. The van der Waals surface area contributed by atoms with Crippen LogP contribution < -0.4 is 18.1 Å². The lowest BCUT2D eigenvalue weighted by molar-refractivity contribution is -0.154. The summed E-state index contributed by atoms with van der Waals surface area (Å²) in [7, 11) is -3.39. The van der Waals surface area contributed by atoms with Crippen LogP contribution in [0.1, 0.15) is 32.8 Å². The fourth-order valence-electron chi connectivity index (χ4n) is 4.72. The van der Waals surface area contributed by atoms with Crippen molar-refractivity contribution >= 4 is 61.3 Å². The van der Waals surface area contributed by atoms with Crippen molar-refractivity contribution in [2.24, 2.45) is 0 Å². The van der Waals surface area contributed by atoms with Gasteiger partial charge in [0.15, 0.2) is 0 Å². The monoisotopic (exact) mass is 626 g/mol. The highest BCUT2D eigenvalue weighted by atomic mass is 32.2. The number of carbonyl (C=O) groups excluding carboxylic acids is 1. The van der Waals surface area contributed by atoms with Gasteiger partial charge in [0.05, 0.1) is 37.0 Å². The van der Waals surface area contributed by atoms with Crippen molar-refractivity contribution in [2.45, 2.75) is 39.2 Å². The number of hydrogen-bond donors (Lipinski definition) is 2. The Morgan fingerprint density at radius 1 is 0.721 bits per heavy atom. The van der Waals surface area contributed by atoms with Gasteiger partial charge >= 0.3 is 5.97 Å². The summed E-state index contributed by atoms with van der Waals surface area (Å²) in [5.74, 6) is 0.625. The molecule has 4 aromatic carbocycles. The predicted octanol–water partition coefficient (Wildman–Crippen LogP) is 5.46. The van der Waals surface area contributed by atoms with Crippen LogP contribution in [-0.2, 0) is 37.7 Å².